The predicted molar refractivity (Wildman–Crippen MR) is 110 cm³/mol. The van der Waals surface area contributed by atoms with Crippen molar-refractivity contribution < 1.29 is 14.3 Å². The highest BCUT2D eigenvalue weighted by Gasteiger charge is 2.40. The Morgan fingerprint density at radius 1 is 1.00 bits per heavy atom. The first kappa shape index (κ1) is 19.3. The molecule has 146 valence electrons. The predicted octanol–water partition coefficient (Wildman–Crippen LogP) is 5.26. The maximum Gasteiger partial charge on any atom is 0.161 e. The Hall–Kier alpha value is -2.04. The number of benzene rings is 1. The summed E-state index contributed by atoms with van der Waals surface area (Å²) < 4.78 is 5.56. The molecule has 0 saturated carbocycles. The second-order valence-corrected chi connectivity index (χ2v) is 8.12. The highest BCUT2D eigenvalue weighted by molar-refractivity contribution is 6.37. The van der Waals surface area contributed by atoms with Gasteiger partial charge in [0.1, 0.15) is 6.61 Å². The van der Waals surface area contributed by atoms with Crippen LogP contribution in [0.2, 0.25) is 10.0 Å². The Kier molecular flexibility index (Phi) is 5.35. The summed E-state index contributed by atoms with van der Waals surface area (Å²) >= 11 is 12.9. The number of rotatable bonds is 4. The Morgan fingerprint density at radius 3 is 2.04 bits per heavy atom. The van der Waals surface area contributed by atoms with Crippen molar-refractivity contribution in [3.8, 4) is 5.75 Å². The highest BCUT2D eigenvalue weighted by Crippen LogP contribution is 2.47. The van der Waals surface area contributed by atoms with E-state index in [0.29, 0.717) is 39.8 Å². The van der Waals surface area contributed by atoms with E-state index in [1.54, 1.807) is 18.2 Å². The van der Waals surface area contributed by atoms with Crippen LogP contribution in [-0.4, -0.2) is 18.2 Å². The van der Waals surface area contributed by atoms with Gasteiger partial charge in [-0.1, -0.05) is 35.9 Å². The molecule has 0 aromatic heterocycles. The number of carbonyl (C=O) groups excluding carboxylic acids is 2. The van der Waals surface area contributed by atoms with Crippen molar-refractivity contribution in [3.63, 3.8) is 0 Å². The summed E-state index contributed by atoms with van der Waals surface area (Å²) in [5.41, 5.74) is 4.01. The molecule has 4 rings (SSSR count). The van der Waals surface area contributed by atoms with E-state index in [2.05, 4.69) is 11.9 Å². The number of Topliss-reactive ketones (excluding diaryl/α,β-unsaturated/α-hetero) is 2. The Balaban J connectivity index is 1.86. The van der Waals surface area contributed by atoms with Gasteiger partial charge in [0.2, 0.25) is 0 Å². The SMILES string of the molecule is C=CCOc1c(Cl)cc(C2C3=C(CCCC3=O)NC3=C2C(=O)CCC3)cc1Cl. The zero-order valence-electron chi connectivity index (χ0n) is 15.4. The Bertz CT molecular complexity index is 880. The number of halogens is 2. The minimum Gasteiger partial charge on any atom is -0.486 e. The summed E-state index contributed by atoms with van der Waals surface area (Å²) in [5, 5.41) is 4.12. The fourth-order valence-corrected chi connectivity index (χ4v) is 4.96. The third-order valence-electron chi connectivity index (χ3n) is 5.49. The lowest BCUT2D eigenvalue weighted by Gasteiger charge is -2.37. The highest BCUT2D eigenvalue weighted by atomic mass is 35.5. The second-order valence-electron chi connectivity index (χ2n) is 7.31. The number of ether oxygens (including phenoxy) is 1. The van der Waals surface area contributed by atoms with Crippen LogP contribution in [0.5, 0.6) is 5.75 Å². The van der Waals surface area contributed by atoms with Crippen molar-refractivity contribution in [2.24, 2.45) is 0 Å². The normalized spacial score (nSPS) is 19.9. The molecule has 6 heteroatoms. The van der Waals surface area contributed by atoms with E-state index in [0.717, 1.165) is 42.6 Å². The second kappa shape index (κ2) is 7.76. The van der Waals surface area contributed by atoms with E-state index < -0.39 is 5.92 Å². The van der Waals surface area contributed by atoms with Gasteiger partial charge in [0.15, 0.2) is 17.3 Å². The minimum absolute atomic E-state index is 0.0860. The summed E-state index contributed by atoms with van der Waals surface area (Å²) in [6.07, 6.45) is 5.87. The van der Waals surface area contributed by atoms with Crippen molar-refractivity contribution in [3.05, 3.63) is 62.9 Å². The molecule has 1 aromatic rings. The molecule has 0 fully saturated rings. The van der Waals surface area contributed by atoms with E-state index in [1.165, 1.54) is 0 Å². The number of allylic oxidation sites excluding steroid dienone is 4. The fraction of sp³-hybridized carbons (Fsp3) is 0.364. The van der Waals surface area contributed by atoms with Crippen LogP contribution in [0.1, 0.15) is 50.0 Å². The van der Waals surface area contributed by atoms with Crippen molar-refractivity contribution in [2.75, 3.05) is 6.61 Å². The monoisotopic (exact) mass is 417 g/mol. The molecular formula is C22H21Cl2NO3. The van der Waals surface area contributed by atoms with Gasteiger partial charge in [-0.2, -0.15) is 0 Å². The molecule has 0 atom stereocenters. The summed E-state index contributed by atoms with van der Waals surface area (Å²) in [7, 11) is 0. The lowest BCUT2D eigenvalue weighted by molar-refractivity contribution is -0.116. The molecule has 1 aromatic carbocycles. The summed E-state index contributed by atoms with van der Waals surface area (Å²) in [6.45, 7) is 3.91. The molecule has 1 N–H and O–H groups in total. The number of hydrogen-bond donors (Lipinski definition) is 1. The largest absolute Gasteiger partial charge is 0.486 e. The first-order valence-electron chi connectivity index (χ1n) is 9.53. The van der Waals surface area contributed by atoms with Gasteiger partial charge in [-0.15, -0.1) is 0 Å². The van der Waals surface area contributed by atoms with Crippen LogP contribution in [-0.2, 0) is 9.59 Å². The fourth-order valence-electron chi connectivity index (χ4n) is 4.34. The minimum atomic E-state index is -0.421. The third kappa shape index (κ3) is 3.29. The maximum absolute atomic E-state index is 12.8. The van der Waals surface area contributed by atoms with Crippen molar-refractivity contribution in [2.45, 2.75) is 44.4 Å². The van der Waals surface area contributed by atoms with Gasteiger partial charge in [-0.05, 0) is 43.4 Å². The Morgan fingerprint density at radius 2 is 1.54 bits per heavy atom. The van der Waals surface area contributed by atoms with Crippen LogP contribution < -0.4 is 10.1 Å². The molecule has 0 spiro atoms. The molecule has 1 aliphatic heterocycles. The van der Waals surface area contributed by atoms with Crippen molar-refractivity contribution >= 4 is 34.8 Å². The van der Waals surface area contributed by atoms with Crippen molar-refractivity contribution in [1.29, 1.82) is 0 Å². The molecule has 0 radical (unpaired) electrons. The first-order valence-corrected chi connectivity index (χ1v) is 10.3. The van der Waals surface area contributed by atoms with Gasteiger partial charge in [0, 0.05) is 41.3 Å². The van der Waals surface area contributed by atoms with Gasteiger partial charge >= 0.3 is 0 Å². The summed E-state index contributed by atoms with van der Waals surface area (Å²) in [6, 6.07) is 3.53. The molecule has 0 saturated heterocycles. The van der Waals surface area contributed by atoms with E-state index in [4.69, 9.17) is 27.9 Å². The van der Waals surface area contributed by atoms with Gasteiger partial charge in [-0.25, -0.2) is 0 Å². The van der Waals surface area contributed by atoms with Gasteiger partial charge in [0.05, 0.1) is 10.0 Å². The zero-order valence-corrected chi connectivity index (χ0v) is 17.0. The third-order valence-corrected chi connectivity index (χ3v) is 6.05. The van der Waals surface area contributed by atoms with Crippen LogP contribution >= 0.6 is 23.2 Å². The van der Waals surface area contributed by atoms with E-state index >= 15 is 0 Å². The smallest absolute Gasteiger partial charge is 0.161 e. The van der Waals surface area contributed by atoms with Crippen LogP contribution in [0.4, 0.5) is 0 Å². The van der Waals surface area contributed by atoms with E-state index in [-0.39, 0.29) is 18.2 Å². The van der Waals surface area contributed by atoms with Gasteiger partial charge < -0.3 is 10.1 Å². The molecule has 3 aliphatic rings. The average molecular weight is 418 g/mol. The topological polar surface area (TPSA) is 55.4 Å². The van der Waals surface area contributed by atoms with Crippen molar-refractivity contribution in [1.82, 2.24) is 5.32 Å². The number of dihydropyridines is 1. The number of hydrogen-bond acceptors (Lipinski definition) is 4. The summed E-state index contributed by atoms with van der Waals surface area (Å²) in [4.78, 5) is 25.7. The summed E-state index contributed by atoms with van der Waals surface area (Å²) in [5.74, 6) is 0.135. The molecular weight excluding hydrogens is 397 g/mol. The lowest BCUT2D eigenvalue weighted by atomic mass is 9.71. The first-order chi connectivity index (χ1) is 13.5. The van der Waals surface area contributed by atoms with Crippen LogP contribution in [0, 0.1) is 0 Å². The number of ketones is 2. The van der Waals surface area contributed by atoms with E-state index in [1.807, 2.05) is 0 Å². The molecule has 2 aliphatic carbocycles. The molecule has 4 nitrogen and oxygen atoms in total. The Labute approximate surface area is 174 Å². The quantitative estimate of drug-likeness (QED) is 0.678. The van der Waals surface area contributed by atoms with E-state index in [9.17, 15) is 9.59 Å². The average Bonchev–Trinajstić information content (AvgIpc) is 2.66. The molecule has 0 amide bonds. The number of nitrogens with one attached hydrogen (secondary N) is 1. The van der Waals surface area contributed by atoms with Crippen LogP contribution in [0.25, 0.3) is 0 Å². The zero-order chi connectivity index (χ0) is 19.8. The molecule has 28 heavy (non-hydrogen) atoms. The number of carbonyl (C=O) groups is 2. The van der Waals surface area contributed by atoms with Gasteiger partial charge in [0.25, 0.3) is 0 Å². The van der Waals surface area contributed by atoms with Crippen LogP contribution in [0.15, 0.2) is 47.3 Å². The van der Waals surface area contributed by atoms with Crippen LogP contribution in [0.3, 0.4) is 0 Å². The maximum atomic E-state index is 12.8. The lowest BCUT2D eigenvalue weighted by Crippen LogP contribution is -2.36. The molecule has 0 unspecified atom stereocenters. The van der Waals surface area contributed by atoms with Gasteiger partial charge in [-0.3, -0.25) is 9.59 Å². The standard InChI is InChI=1S/C22H21Cl2NO3/c1-2-9-28-22-13(23)10-12(11-14(22)24)19-20-15(5-3-7-17(20)26)25-16-6-4-8-18(27)21(16)19/h2,10-11,19,25H,1,3-9H2. The molecule has 0 bridgehead atoms. The molecule has 1 heterocycles.